The van der Waals surface area contributed by atoms with Gasteiger partial charge in [0, 0.05) is 51.2 Å². The summed E-state index contributed by atoms with van der Waals surface area (Å²) in [4.78, 5) is 16.7. The van der Waals surface area contributed by atoms with Crippen molar-refractivity contribution in [3.8, 4) is 0 Å². The Morgan fingerprint density at radius 3 is 1.64 bits per heavy atom. The number of hydrogen-bond acceptors (Lipinski definition) is 6. The van der Waals surface area contributed by atoms with Crippen LogP contribution in [0.15, 0.2) is 85.1 Å². The molecule has 7 aromatic rings. The number of alkyl halides is 3. The third kappa shape index (κ3) is 15.9. The number of thiophene rings is 4. The minimum atomic E-state index is -4.33. The Labute approximate surface area is 318 Å². The molecule has 0 radical (unpaired) electrons. The van der Waals surface area contributed by atoms with E-state index < -0.39 is 11.9 Å². The summed E-state index contributed by atoms with van der Waals surface area (Å²) in [5, 5.41) is 3.52. The van der Waals surface area contributed by atoms with E-state index in [0.717, 1.165) is 15.9 Å². The minimum absolute atomic E-state index is 0. The van der Waals surface area contributed by atoms with Crippen LogP contribution in [0.25, 0.3) is 20.3 Å². The summed E-state index contributed by atoms with van der Waals surface area (Å²) in [6.07, 6.45) is -2.50. The molecule has 10 heteroatoms. The van der Waals surface area contributed by atoms with E-state index in [-0.39, 0.29) is 22.3 Å². The highest BCUT2D eigenvalue weighted by molar-refractivity contribution is 7.19. The van der Waals surface area contributed by atoms with Crippen molar-refractivity contribution in [1.82, 2.24) is 9.97 Å². The SMILES string of the molecule is C.C.C.Cc1cc(Cl)c(C)s1.Cc1cc2cccnc2s1.Cc1ccc(C)s1.Cc1ccc2cc(C)sc2c1.Cc1cccc(C(F)(F)F)n1. The van der Waals surface area contributed by atoms with Crippen LogP contribution in [0.1, 0.15) is 68.5 Å². The third-order valence-corrected chi connectivity index (χ3v) is 10.6. The molecule has 7 rings (SSSR count). The van der Waals surface area contributed by atoms with E-state index >= 15 is 0 Å². The van der Waals surface area contributed by atoms with E-state index in [1.54, 1.807) is 22.7 Å². The van der Waals surface area contributed by atoms with Crippen LogP contribution in [0.3, 0.4) is 0 Å². The van der Waals surface area contributed by atoms with Crippen LogP contribution in [0.2, 0.25) is 5.02 Å². The van der Waals surface area contributed by atoms with Gasteiger partial charge in [-0.1, -0.05) is 58.1 Å². The molecule has 0 unspecified atom stereocenters. The molecule has 0 fully saturated rings. The molecule has 0 spiro atoms. The van der Waals surface area contributed by atoms with Gasteiger partial charge in [-0.25, -0.2) is 9.97 Å². The zero-order valence-electron chi connectivity index (χ0n) is 27.6. The molecule has 0 aliphatic rings. The van der Waals surface area contributed by atoms with Gasteiger partial charge in [0.1, 0.15) is 10.5 Å². The lowest BCUT2D eigenvalue weighted by atomic mass is 10.2. The van der Waals surface area contributed by atoms with Gasteiger partial charge in [-0.05, 0) is 121 Å². The van der Waals surface area contributed by atoms with Gasteiger partial charge in [0.25, 0.3) is 0 Å². The molecule has 2 nitrogen and oxygen atoms in total. The van der Waals surface area contributed by atoms with Gasteiger partial charge in [-0.2, -0.15) is 13.2 Å². The average molecular weight is 780 g/mol. The Morgan fingerprint density at radius 1 is 0.580 bits per heavy atom. The van der Waals surface area contributed by atoms with Gasteiger partial charge in [0.2, 0.25) is 0 Å². The fraction of sp³-hybridized carbons (Fsp3) is 0.300. The van der Waals surface area contributed by atoms with Gasteiger partial charge in [0.15, 0.2) is 0 Å². The third-order valence-electron chi connectivity index (χ3n) is 6.25. The van der Waals surface area contributed by atoms with Gasteiger partial charge in [-0.3, -0.25) is 0 Å². The van der Waals surface area contributed by atoms with Crippen LogP contribution < -0.4 is 0 Å². The normalized spacial score (nSPS) is 9.92. The second-order valence-electron chi connectivity index (χ2n) is 10.7. The standard InChI is InChI=1S/C10H10S.C8H7NS.C7H6F3N.C6H7ClS.C6H8S.3CH4/c1-7-3-4-9-6-8(2)11-10(9)5-7;1-6-5-7-3-2-4-9-8(7)10-6;1-5-3-2-4-6(11-5)7(8,9)10;1-4-3-6(7)5(2)8-4;1-5-3-4-6(2)7-5;;;/h3-6H,1-2H3;2-5H,1H3;2-4H,1H3;3H,1-2H3;3-4H,1-2H3;3*1H4. The molecular formula is C40H50ClF3N2S4. The Kier molecular flexibility index (Phi) is 20.6. The van der Waals surface area contributed by atoms with E-state index in [9.17, 15) is 13.2 Å². The summed E-state index contributed by atoms with van der Waals surface area (Å²) in [5.74, 6) is 0. The molecule has 0 saturated heterocycles. The lowest BCUT2D eigenvalue weighted by Gasteiger charge is -2.04. The number of rotatable bonds is 0. The van der Waals surface area contributed by atoms with Crippen molar-refractivity contribution in [2.75, 3.05) is 0 Å². The smallest absolute Gasteiger partial charge is 0.249 e. The van der Waals surface area contributed by atoms with Crippen molar-refractivity contribution in [1.29, 1.82) is 0 Å². The van der Waals surface area contributed by atoms with Crippen LogP contribution in [-0.2, 0) is 6.18 Å². The summed E-state index contributed by atoms with van der Waals surface area (Å²) in [7, 11) is 0. The number of nitrogens with zero attached hydrogens (tertiary/aromatic N) is 2. The highest BCUT2D eigenvalue weighted by atomic mass is 35.5. The molecule has 0 aliphatic heterocycles. The maximum atomic E-state index is 11.9. The molecule has 0 N–H and O–H groups in total. The molecular weight excluding hydrogens is 729 g/mol. The summed E-state index contributed by atoms with van der Waals surface area (Å²) < 4.78 is 37.1. The number of fused-ring (bicyclic) bond motifs is 2. The first-order chi connectivity index (χ1) is 22.1. The monoisotopic (exact) mass is 778 g/mol. The summed E-state index contributed by atoms with van der Waals surface area (Å²) in [6.45, 7) is 16.2. The first kappa shape index (κ1) is 46.9. The van der Waals surface area contributed by atoms with Gasteiger partial charge < -0.3 is 0 Å². The molecule has 272 valence electrons. The molecule has 1 aromatic carbocycles. The zero-order valence-corrected chi connectivity index (χ0v) is 31.6. The fourth-order valence-corrected chi connectivity index (χ4v) is 7.94. The van der Waals surface area contributed by atoms with Gasteiger partial charge >= 0.3 is 6.18 Å². The van der Waals surface area contributed by atoms with E-state index in [0.29, 0.717) is 5.69 Å². The quantitative estimate of drug-likeness (QED) is 0.153. The Hall–Kier alpha value is -3.08. The first-order valence-corrected chi connectivity index (χ1v) is 18.3. The van der Waals surface area contributed by atoms with Gasteiger partial charge in [0.05, 0.1) is 5.02 Å². The second-order valence-corrected chi connectivity index (χ2v) is 16.6. The Balaban J connectivity index is 0.000000597. The zero-order chi connectivity index (χ0) is 34.7. The van der Waals surface area contributed by atoms with Crippen molar-refractivity contribution in [3.05, 3.63) is 136 Å². The van der Waals surface area contributed by atoms with Crippen LogP contribution in [0.5, 0.6) is 0 Å². The molecule has 0 amide bonds. The minimum Gasteiger partial charge on any atom is -0.249 e. The largest absolute Gasteiger partial charge is 0.433 e. The maximum Gasteiger partial charge on any atom is 0.433 e. The van der Waals surface area contributed by atoms with E-state index in [2.05, 4.69) is 100 Å². The lowest BCUT2D eigenvalue weighted by molar-refractivity contribution is -0.141. The number of pyridine rings is 2. The van der Waals surface area contributed by atoms with E-state index in [1.165, 1.54) is 69.4 Å². The van der Waals surface area contributed by atoms with Crippen molar-refractivity contribution >= 4 is 77.3 Å². The molecule has 6 aromatic heterocycles. The molecule has 50 heavy (non-hydrogen) atoms. The van der Waals surface area contributed by atoms with Gasteiger partial charge in [-0.15, -0.1) is 45.3 Å². The molecule has 0 aliphatic carbocycles. The summed E-state index contributed by atoms with van der Waals surface area (Å²) in [6, 6.07) is 25.1. The van der Waals surface area contributed by atoms with E-state index in [4.69, 9.17) is 11.6 Å². The average Bonchev–Trinajstić information content (AvgIpc) is 3.74. The van der Waals surface area contributed by atoms with Crippen molar-refractivity contribution < 1.29 is 13.2 Å². The van der Waals surface area contributed by atoms with Crippen LogP contribution in [0, 0.1) is 55.4 Å². The lowest BCUT2D eigenvalue weighted by Crippen LogP contribution is -2.07. The number of benzene rings is 1. The highest BCUT2D eigenvalue weighted by Crippen LogP contribution is 2.28. The molecule has 0 saturated carbocycles. The maximum absolute atomic E-state index is 11.9. The van der Waals surface area contributed by atoms with Crippen LogP contribution >= 0.6 is 56.9 Å². The number of hydrogen-bond donors (Lipinski definition) is 0. The van der Waals surface area contributed by atoms with Crippen molar-refractivity contribution in [2.45, 2.75) is 83.8 Å². The Bertz CT molecular complexity index is 1930. The first-order valence-electron chi connectivity index (χ1n) is 14.6. The number of aromatic nitrogens is 2. The van der Waals surface area contributed by atoms with Crippen molar-refractivity contribution in [3.63, 3.8) is 0 Å². The van der Waals surface area contributed by atoms with E-state index in [1.807, 2.05) is 47.9 Å². The second kappa shape index (κ2) is 22.0. The Morgan fingerprint density at radius 2 is 1.18 bits per heavy atom. The molecule has 0 atom stereocenters. The predicted octanol–water partition coefficient (Wildman–Crippen LogP) is 15.8. The fourth-order valence-electron chi connectivity index (χ4n) is 4.13. The van der Waals surface area contributed by atoms with Crippen LogP contribution in [-0.4, -0.2) is 9.97 Å². The summed E-state index contributed by atoms with van der Waals surface area (Å²) >= 11 is 12.9. The topological polar surface area (TPSA) is 25.8 Å². The molecule has 0 bridgehead atoms. The summed E-state index contributed by atoms with van der Waals surface area (Å²) in [5.41, 5.74) is 0.886. The molecule has 6 heterocycles. The van der Waals surface area contributed by atoms with Crippen molar-refractivity contribution in [2.24, 2.45) is 0 Å². The number of halogens is 4. The highest BCUT2D eigenvalue weighted by Gasteiger charge is 2.32. The predicted molar refractivity (Wildman–Crippen MR) is 222 cm³/mol. The van der Waals surface area contributed by atoms with Crippen LogP contribution in [0.4, 0.5) is 13.2 Å². The number of aryl methyl sites for hydroxylation is 8.